The van der Waals surface area contributed by atoms with Crippen molar-refractivity contribution < 1.29 is 19.7 Å². The van der Waals surface area contributed by atoms with Gasteiger partial charge in [0, 0.05) is 31.5 Å². The highest BCUT2D eigenvalue weighted by atomic mass is 35.5. The Kier molecular flexibility index (Phi) is 7.57. The molecular weight excluding hydrogens is 510 g/mol. The number of hydrogen-bond donors (Lipinski definition) is 5. The van der Waals surface area contributed by atoms with Crippen molar-refractivity contribution in [2.24, 2.45) is 0 Å². The number of nitrogens with one attached hydrogen (secondary N) is 3. The van der Waals surface area contributed by atoms with Crippen molar-refractivity contribution in [3.8, 4) is 17.1 Å². The molecule has 0 amide bonds. The summed E-state index contributed by atoms with van der Waals surface area (Å²) < 4.78 is 10.8. The van der Waals surface area contributed by atoms with E-state index in [-0.39, 0.29) is 24.8 Å². The molecule has 0 saturated carbocycles. The second kappa shape index (κ2) is 11.0. The van der Waals surface area contributed by atoms with Gasteiger partial charge in [0.2, 0.25) is 0 Å². The topological polar surface area (TPSA) is 136 Å². The molecule has 11 heteroatoms. The Balaban J connectivity index is 1.42. The van der Waals surface area contributed by atoms with Gasteiger partial charge in [0.1, 0.15) is 17.1 Å². The third-order valence-electron chi connectivity index (χ3n) is 6.71. The van der Waals surface area contributed by atoms with Gasteiger partial charge in [0.25, 0.3) is 5.56 Å². The third-order valence-corrected chi connectivity index (χ3v) is 7.01. The largest absolute Gasteiger partial charge is 0.495 e. The number of aromatic nitrogens is 3. The predicted molar refractivity (Wildman–Crippen MR) is 147 cm³/mol. The summed E-state index contributed by atoms with van der Waals surface area (Å²) in [6, 6.07) is 10.9. The lowest BCUT2D eigenvalue weighted by Crippen LogP contribution is -2.44. The maximum absolute atomic E-state index is 12.9. The standard InChI is InChI=1S/C27H30ClN5O5/c1-15-9-17(33-7-8-38-18(13-33)14-34)11-21-25(15)32-26(31-21)24-20(5-6-29-27(24)36)30-12-22(35)16-3-4-23(37-2)19(28)10-16/h3-6,9-11,18,22,34-35H,7-8,12-14H2,1-2H3,(H,31,32)(H2,29,30,36)/t18-,22+/m0/s1. The maximum Gasteiger partial charge on any atom is 0.261 e. The molecule has 1 fully saturated rings. The number of aliphatic hydroxyl groups is 2. The number of ether oxygens (including phenoxy) is 2. The average Bonchev–Trinajstić information content (AvgIpc) is 3.36. The molecule has 10 nitrogen and oxygen atoms in total. The molecule has 1 aliphatic heterocycles. The Morgan fingerprint density at radius 1 is 1.32 bits per heavy atom. The Morgan fingerprint density at radius 3 is 2.92 bits per heavy atom. The van der Waals surface area contributed by atoms with Gasteiger partial charge >= 0.3 is 0 Å². The molecule has 5 rings (SSSR count). The Labute approximate surface area is 224 Å². The first-order valence-electron chi connectivity index (χ1n) is 12.3. The van der Waals surface area contributed by atoms with Gasteiger partial charge in [-0.25, -0.2) is 4.98 Å². The summed E-state index contributed by atoms with van der Waals surface area (Å²) in [6.07, 6.45) is 0.451. The Morgan fingerprint density at radius 2 is 2.16 bits per heavy atom. The first-order valence-corrected chi connectivity index (χ1v) is 12.7. The highest BCUT2D eigenvalue weighted by molar-refractivity contribution is 6.32. The SMILES string of the molecule is COc1ccc([C@H](O)CNc2cc[nH]c(=O)c2-c2nc3c(C)cc(N4CCO[C@H](CO)C4)cc3[nH]2)cc1Cl. The molecule has 1 saturated heterocycles. The zero-order chi connectivity index (χ0) is 26.8. The summed E-state index contributed by atoms with van der Waals surface area (Å²) in [4.78, 5) is 25.9. The number of pyridine rings is 1. The van der Waals surface area contributed by atoms with Crippen LogP contribution >= 0.6 is 11.6 Å². The van der Waals surface area contributed by atoms with Crippen molar-refractivity contribution in [1.29, 1.82) is 0 Å². The van der Waals surface area contributed by atoms with Crippen molar-refractivity contribution in [2.45, 2.75) is 19.1 Å². The van der Waals surface area contributed by atoms with E-state index in [1.54, 1.807) is 30.5 Å². The van der Waals surface area contributed by atoms with Gasteiger partial charge in [0.05, 0.1) is 54.3 Å². The molecule has 200 valence electrons. The monoisotopic (exact) mass is 539 g/mol. The van der Waals surface area contributed by atoms with Crippen LogP contribution in [-0.2, 0) is 4.74 Å². The molecule has 2 aromatic heterocycles. The molecule has 2 atom stereocenters. The van der Waals surface area contributed by atoms with Gasteiger partial charge in [-0.15, -0.1) is 0 Å². The fourth-order valence-corrected chi connectivity index (χ4v) is 4.98. The minimum absolute atomic E-state index is 0.0291. The first kappa shape index (κ1) is 26.1. The van der Waals surface area contributed by atoms with Gasteiger partial charge in [-0.05, 0) is 48.4 Å². The molecule has 1 aliphatic rings. The van der Waals surface area contributed by atoms with E-state index < -0.39 is 6.10 Å². The molecule has 5 N–H and O–H groups in total. The summed E-state index contributed by atoms with van der Waals surface area (Å²) in [7, 11) is 1.53. The van der Waals surface area contributed by atoms with Crippen LogP contribution in [0.4, 0.5) is 11.4 Å². The molecule has 38 heavy (non-hydrogen) atoms. The number of hydrogen-bond acceptors (Lipinski definition) is 8. The van der Waals surface area contributed by atoms with Gasteiger partial charge in [0.15, 0.2) is 0 Å². The van der Waals surface area contributed by atoms with Crippen LogP contribution in [0, 0.1) is 6.92 Å². The minimum atomic E-state index is -0.873. The number of anilines is 2. The fraction of sp³-hybridized carbons (Fsp3) is 0.333. The van der Waals surface area contributed by atoms with Gasteiger partial charge < -0.3 is 39.9 Å². The quantitative estimate of drug-likeness (QED) is 0.230. The number of aromatic amines is 2. The van der Waals surface area contributed by atoms with Crippen LogP contribution in [0.25, 0.3) is 22.4 Å². The highest BCUT2D eigenvalue weighted by Crippen LogP contribution is 2.31. The lowest BCUT2D eigenvalue weighted by atomic mass is 10.1. The average molecular weight is 540 g/mol. The normalized spacial score (nSPS) is 16.6. The molecule has 0 spiro atoms. The molecule has 0 aliphatic carbocycles. The number of rotatable bonds is 8. The van der Waals surface area contributed by atoms with E-state index in [1.165, 1.54) is 7.11 Å². The molecule has 0 radical (unpaired) electrons. The van der Waals surface area contributed by atoms with Gasteiger partial charge in [-0.2, -0.15) is 0 Å². The van der Waals surface area contributed by atoms with Crippen molar-refractivity contribution in [1.82, 2.24) is 15.0 Å². The Hall–Kier alpha value is -3.57. The fourth-order valence-electron chi connectivity index (χ4n) is 4.71. The summed E-state index contributed by atoms with van der Waals surface area (Å²) in [6.45, 7) is 3.95. The second-order valence-corrected chi connectivity index (χ2v) is 9.66. The number of methoxy groups -OCH3 is 1. The van der Waals surface area contributed by atoms with Crippen LogP contribution in [-0.4, -0.2) is 71.2 Å². The third kappa shape index (κ3) is 5.21. The minimum Gasteiger partial charge on any atom is -0.495 e. The van der Waals surface area contributed by atoms with Crippen LogP contribution in [0.5, 0.6) is 5.75 Å². The number of morpholine rings is 1. The molecule has 2 aromatic carbocycles. The number of aliphatic hydroxyl groups excluding tert-OH is 2. The number of nitrogens with zero attached hydrogens (tertiary/aromatic N) is 2. The smallest absolute Gasteiger partial charge is 0.261 e. The number of H-pyrrole nitrogens is 2. The molecular formula is C27H30ClN5O5. The second-order valence-electron chi connectivity index (χ2n) is 9.25. The summed E-state index contributed by atoms with van der Waals surface area (Å²) in [5.41, 5.74) is 4.69. The summed E-state index contributed by atoms with van der Waals surface area (Å²) in [5, 5.41) is 23.8. The summed E-state index contributed by atoms with van der Waals surface area (Å²) >= 11 is 6.21. The van der Waals surface area contributed by atoms with Crippen molar-refractivity contribution in [2.75, 3.05) is 50.2 Å². The lowest BCUT2D eigenvalue weighted by molar-refractivity contribution is 0.00357. The lowest BCUT2D eigenvalue weighted by Gasteiger charge is -2.33. The van der Waals surface area contributed by atoms with E-state index in [0.717, 1.165) is 28.8 Å². The summed E-state index contributed by atoms with van der Waals surface area (Å²) in [5.74, 6) is 0.944. The van der Waals surface area contributed by atoms with E-state index in [0.29, 0.717) is 46.6 Å². The van der Waals surface area contributed by atoms with Crippen molar-refractivity contribution in [3.63, 3.8) is 0 Å². The van der Waals surface area contributed by atoms with Gasteiger partial charge in [-0.3, -0.25) is 4.79 Å². The van der Waals surface area contributed by atoms with E-state index in [1.807, 2.05) is 13.0 Å². The number of aryl methyl sites for hydroxylation is 1. The maximum atomic E-state index is 12.9. The van der Waals surface area contributed by atoms with E-state index in [2.05, 4.69) is 26.3 Å². The van der Waals surface area contributed by atoms with Crippen molar-refractivity contribution in [3.05, 3.63) is 69.1 Å². The van der Waals surface area contributed by atoms with E-state index >= 15 is 0 Å². The number of fused-ring (bicyclic) bond motifs is 1. The number of imidazole rings is 1. The number of benzene rings is 2. The number of halogens is 1. The van der Waals surface area contributed by atoms with E-state index in [4.69, 9.17) is 26.1 Å². The van der Waals surface area contributed by atoms with Crippen molar-refractivity contribution >= 4 is 34.0 Å². The zero-order valence-electron chi connectivity index (χ0n) is 21.1. The highest BCUT2D eigenvalue weighted by Gasteiger charge is 2.22. The van der Waals surface area contributed by atoms with Gasteiger partial charge in [-0.1, -0.05) is 17.7 Å². The van der Waals surface area contributed by atoms with Crippen LogP contribution in [0.3, 0.4) is 0 Å². The molecule has 3 heterocycles. The van der Waals surface area contributed by atoms with Crippen LogP contribution in [0.15, 0.2) is 47.4 Å². The zero-order valence-corrected chi connectivity index (χ0v) is 21.9. The molecule has 0 unspecified atom stereocenters. The molecule has 4 aromatic rings. The molecule has 0 bridgehead atoms. The van der Waals surface area contributed by atoms with E-state index in [9.17, 15) is 15.0 Å². The Bertz CT molecular complexity index is 1500. The van der Waals surface area contributed by atoms with Crippen LogP contribution in [0.1, 0.15) is 17.2 Å². The van der Waals surface area contributed by atoms with Crippen LogP contribution < -0.4 is 20.5 Å². The predicted octanol–water partition coefficient (Wildman–Crippen LogP) is 3.23. The van der Waals surface area contributed by atoms with Crippen LogP contribution in [0.2, 0.25) is 5.02 Å². The first-order chi connectivity index (χ1) is 18.4.